The van der Waals surface area contributed by atoms with Crippen LogP contribution in [-0.2, 0) is 0 Å². The molecule has 3 aromatic rings. The molecule has 1 saturated carbocycles. The van der Waals surface area contributed by atoms with Crippen molar-refractivity contribution >= 4 is 5.82 Å². The van der Waals surface area contributed by atoms with Crippen LogP contribution >= 0.6 is 0 Å². The maximum Gasteiger partial charge on any atom is 0.151 e. The van der Waals surface area contributed by atoms with Crippen LogP contribution in [-0.4, -0.2) is 48.6 Å². The molecule has 6 rings (SSSR count). The van der Waals surface area contributed by atoms with Gasteiger partial charge in [-0.05, 0) is 49.8 Å². The van der Waals surface area contributed by atoms with Gasteiger partial charge in [0.2, 0.25) is 0 Å². The van der Waals surface area contributed by atoms with E-state index in [0.29, 0.717) is 11.5 Å². The summed E-state index contributed by atoms with van der Waals surface area (Å²) in [5.41, 5.74) is 1.79. The summed E-state index contributed by atoms with van der Waals surface area (Å²) < 4.78 is 14.7. The number of anilines is 1. The van der Waals surface area contributed by atoms with E-state index in [1.165, 1.54) is 23.3 Å². The monoisotopic (exact) mass is 408 g/mol. The Balaban J connectivity index is 1.43. The van der Waals surface area contributed by atoms with Crippen molar-refractivity contribution < 1.29 is 9.50 Å². The van der Waals surface area contributed by atoms with Gasteiger partial charge in [0.1, 0.15) is 17.7 Å². The number of aromatic nitrogens is 4. The Kier molecular flexibility index (Phi) is 4.96. The van der Waals surface area contributed by atoms with E-state index in [-0.39, 0.29) is 17.8 Å². The maximum atomic E-state index is 14.7. The zero-order chi connectivity index (χ0) is 20.7. The number of aliphatic hydroxyl groups is 1. The number of para-hydroxylation sites is 1. The smallest absolute Gasteiger partial charge is 0.151 e. The molecule has 1 aliphatic carbocycles. The highest BCUT2D eigenvalue weighted by Gasteiger charge is 2.44. The fraction of sp³-hybridized carbons (Fsp3) is 0.409. The Morgan fingerprint density at radius 2 is 2.00 bits per heavy atom. The lowest BCUT2D eigenvalue weighted by molar-refractivity contribution is -0.0865. The van der Waals surface area contributed by atoms with Gasteiger partial charge in [0.25, 0.3) is 0 Å². The van der Waals surface area contributed by atoms with E-state index < -0.39 is 12.0 Å². The van der Waals surface area contributed by atoms with Crippen molar-refractivity contribution in [3.8, 4) is 5.69 Å². The molecule has 0 spiro atoms. The molecule has 2 aliphatic heterocycles. The van der Waals surface area contributed by atoms with E-state index in [1.54, 1.807) is 12.1 Å². The number of fused-ring (bicyclic) bond motifs is 3. The number of halogens is 1. The summed E-state index contributed by atoms with van der Waals surface area (Å²) in [5, 5.41) is 23.1. The second kappa shape index (κ2) is 7.77. The molecule has 2 saturated heterocycles. The highest BCUT2D eigenvalue weighted by Crippen LogP contribution is 2.41. The fourth-order valence-electron chi connectivity index (χ4n) is 4.88. The van der Waals surface area contributed by atoms with Gasteiger partial charge in [-0.3, -0.25) is 4.90 Å². The van der Waals surface area contributed by atoms with Crippen molar-refractivity contribution in [3.63, 3.8) is 0 Å². The SMILES string of the molecule is Cc1ccc(NC2CC3CCC2N(C(O)c2cccc(F)c2-n2nccn2)C3)nc1. The van der Waals surface area contributed by atoms with Crippen LogP contribution in [0.4, 0.5) is 10.2 Å². The molecule has 4 unspecified atom stereocenters. The first-order valence-electron chi connectivity index (χ1n) is 10.4. The topological polar surface area (TPSA) is 79.1 Å². The summed E-state index contributed by atoms with van der Waals surface area (Å²) in [7, 11) is 0. The van der Waals surface area contributed by atoms with E-state index in [0.717, 1.165) is 37.2 Å². The van der Waals surface area contributed by atoms with Gasteiger partial charge in [-0.15, -0.1) is 4.80 Å². The van der Waals surface area contributed by atoms with E-state index in [2.05, 4.69) is 25.4 Å². The summed E-state index contributed by atoms with van der Waals surface area (Å²) in [4.78, 5) is 7.81. The Bertz CT molecular complexity index is 1010. The highest BCUT2D eigenvalue weighted by atomic mass is 19.1. The zero-order valence-electron chi connectivity index (χ0n) is 16.8. The summed E-state index contributed by atoms with van der Waals surface area (Å²) in [6.07, 6.45) is 7.08. The number of aryl methyl sites for hydroxylation is 1. The third kappa shape index (κ3) is 3.46. The van der Waals surface area contributed by atoms with E-state index in [9.17, 15) is 9.50 Å². The number of aliphatic hydroxyl groups excluding tert-OH is 1. The number of pyridine rings is 1. The number of piperidine rings is 2. The molecule has 8 heteroatoms. The average Bonchev–Trinajstić information content (AvgIpc) is 3.29. The Morgan fingerprint density at radius 1 is 1.17 bits per heavy atom. The molecular weight excluding hydrogens is 383 g/mol. The van der Waals surface area contributed by atoms with E-state index >= 15 is 0 Å². The van der Waals surface area contributed by atoms with Crippen LogP contribution in [0.5, 0.6) is 0 Å². The number of hydrogen-bond acceptors (Lipinski definition) is 6. The summed E-state index contributed by atoms with van der Waals surface area (Å²) in [6.45, 7) is 2.80. The molecule has 30 heavy (non-hydrogen) atoms. The van der Waals surface area contributed by atoms with Gasteiger partial charge < -0.3 is 10.4 Å². The second-order valence-corrected chi connectivity index (χ2v) is 8.28. The molecule has 3 fully saturated rings. The van der Waals surface area contributed by atoms with E-state index in [1.807, 2.05) is 25.3 Å². The van der Waals surface area contributed by atoms with Crippen molar-refractivity contribution in [3.05, 3.63) is 65.9 Å². The average molecular weight is 408 g/mol. The van der Waals surface area contributed by atoms with Crippen LogP contribution in [0.1, 0.15) is 36.6 Å². The molecule has 3 aliphatic rings. The first kappa shape index (κ1) is 19.1. The van der Waals surface area contributed by atoms with Gasteiger partial charge in [-0.2, -0.15) is 10.2 Å². The quantitative estimate of drug-likeness (QED) is 0.676. The zero-order valence-corrected chi connectivity index (χ0v) is 16.8. The third-order valence-electron chi connectivity index (χ3n) is 6.29. The van der Waals surface area contributed by atoms with Gasteiger partial charge in [0.15, 0.2) is 5.82 Å². The summed E-state index contributed by atoms with van der Waals surface area (Å²) in [5.74, 6) is 0.871. The first-order valence-corrected chi connectivity index (χ1v) is 10.4. The maximum absolute atomic E-state index is 14.7. The lowest BCUT2D eigenvalue weighted by Crippen LogP contribution is -2.59. The predicted octanol–water partition coefficient (Wildman–Crippen LogP) is 3.07. The van der Waals surface area contributed by atoms with Gasteiger partial charge in [0.05, 0.1) is 12.4 Å². The molecular formula is C22H25FN6O. The fourth-order valence-corrected chi connectivity index (χ4v) is 4.88. The minimum absolute atomic E-state index is 0.134. The van der Waals surface area contributed by atoms with Crippen LogP contribution < -0.4 is 5.32 Å². The summed E-state index contributed by atoms with van der Waals surface area (Å²) >= 11 is 0. The standard InChI is InChI=1S/C22H25FN6O/c1-14-5-8-20(24-12-14)27-18-11-15-6-7-19(18)28(13-15)22(30)16-3-2-4-17(23)21(16)29-25-9-10-26-29/h2-5,8-10,12,15,18-19,22,30H,6-7,11,13H2,1H3,(H,24,27). The molecule has 4 heterocycles. The van der Waals surface area contributed by atoms with Crippen molar-refractivity contribution in [2.24, 2.45) is 5.92 Å². The van der Waals surface area contributed by atoms with Gasteiger partial charge in [-0.25, -0.2) is 9.37 Å². The number of rotatable bonds is 5. The number of nitrogens with one attached hydrogen (secondary N) is 1. The van der Waals surface area contributed by atoms with Crippen molar-refractivity contribution in [2.75, 3.05) is 11.9 Å². The van der Waals surface area contributed by atoms with Crippen LogP contribution in [0.25, 0.3) is 5.69 Å². The largest absolute Gasteiger partial charge is 0.374 e. The third-order valence-corrected chi connectivity index (χ3v) is 6.29. The van der Waals surface area contributed by atoms with Gasteiger partial charge >= 0.3 is 0 Å². The van der Waals surface area contributed by atoms with Crippen molar-refractivity contribution in [1.29, 1.82) is 0 Å². The van der Waals surface area contributed by atoms with Gasteiger partial charge in [-0.1, -0.05) is 18.2 Å². The molecule has 2 bridgehead atoms. The van der Waals surface area contributed by atoms with Crippen molar-refractivity contribution in [1.82, 2.24) is 24.9 Å². The number of benzene rings is 1. The lowest BCUT2D eigenvalue weighted by atomic mass is 9.76. The van der Waals surface area contributed by atoms with Crippen LogP contribution in [0, 0.1) is 18.7 Å². The lowest BCUT2D eigenvalue weighted by Gasteiger charge is -2.51. The van der Waals surface area contributed by atoms with Crippen LogP contribution in [0.2, 0.25) is 0 Å². The molecule has 1 aromatic carbocycles. The molecule has 4 atom stereocenters. The Morgan fingerprint density at radius 3 is 2.73 bits per heavy atom. The minimum Gasteiger partial charge on any atom is -0.374 e. The Labute approximate surface area is 174 Å². The second-order valence-electron chi connectivity index (χ2n) is 8.28. The molecule has 2 aromatic heterocycles. The first-order chi connectivity index (χ1) is 14.6. The normalized spacial score (nSPS) is 24.7. The van der Waals surface area contributed by atoms with Gasteiger partial charge in [0, 0.05) is 30.4 Å². The molecule has 0 amide bonds. The van der Waals surface area contributed by atoms with Crippen molar-refractivity contribution in [2.45, 2.75) is 44.5 Å². The minimum atomic E-state index is -0.940. The molecule has 7 nitrogen and oxygen atoms in total. The van der Waals surface area contributed by atoms with Crippen LogP contribution in [0.3, 0.4) is 0 Å². The molecule has 0 radical (unpaired) electrons. The highest BCUT2D eigenvalue weighted by molar-refractivity contribution is 5.42. The number of nitrogens with zero attached hydrogens (tertiary/aromatic N) is 5. The predicted molar refractivity (Wildman–Crippen MR) is 110 cm³/mol. The van der Waals surface area contributed by atoms with Crippen LogP contribution in [0.15, 0.2) is 48.9 Å². The number of hydrogen-bond donors (Lipinski definition) is 2. The molecule has 156 valence electrons. The summed E-state index contributed by atoms with van der Waals surface area (Å²) in [6, 6.07) is 9.08. The Hall–Kier alpha value is -2.84. The van der Waals surface area contributed by atoms with E-state index in [4.69, 9.17) is 0 Å². The molecule has 2 N–H and O–H groups in total.